The van der Waals surface area contributed by atoms with Gasteiger partial charge in [-0.2, -0.15) is 9.36 Å². The molecule has 0 unspecified atom stereocenters. The highest BCUT2D eigenvalue weighted by Crippen LogP contribution is 2.40. The van der Waals surface area contributed by atoms with E-state index in [9.17, 15) is 24.6 Å². The van der Waals surface area contributed by atoms with E-state index >= 15 is 0 Å². The Labute approximate surface area is 201 Å². The van der Waals surface area contributed by atoms with E-state index in [-0.39, 0.29) is 35.5 Å². The number of nitrogens with one attached hydrogen (secondary N) is 1. The second-order valence-electron chi connectivity index (χ2n) is 7.23. The van der Waals surface area contributed by atoms with Crippen molar-refractivity contribution in [3.8, 4) is 0 Å². The lowest BCUT2D eigenvalue weighted by Gasteiger charge is -2.49. The fourth-order valence-corrected chi connectivity index (χ4v) is 5.31. The van der Waals surface area contributed by atoms with Crippen LogP contribution in [0.1, 0.15) is 11.4 Å². The van der Waals surface area contributed by atoms with Crippen molar-refractivity contribution in [3.63, 3.8) is 0 Å². The molecule has 4 rings (SSSR count). The minimum absolute atomic E-state index is 0.0422. The Hall–Kier alpha value is -3.56. The zero-order valence-corrected chi connectivity index (χ0v) is 19.4. The van der Waals surface area contributed by atoms with Crippen LogP contribution in [0.3, 0.4) is 0 Å². The lowest BCUT2D eigenvalue weighted by atomic mass is 10.0. The molecule has 1 saturated heterocycles. The number of hydrogen-bond acceptors (Lipinski definition) is 11. The Bertz CT molecular complexity index is 1200. The minimum atomic E-state index is -1.23. The van der Waals surface area contributed by atoms with Crippen LogP contribution in [-0.4, -0.2) is 72.2 Å². The third kappa shape index (κ3) is 4.44. The standard InChI is InChI=1S/C19H19N7O6S2/c1-32-23-11(14-22-19(20)34-24-14)15(28)21-12-16(29)26-13(18(30)31)10(8-33-17(12)26)6-25-4-2-9(7-27)3-5-25/h2-5,12,17,27H,6-8H2,1H3,(H3-,20,21,22,24,28,30,31)/p+1/b23-11-/t12-,17+/m1/s1. The third-order valence-electron chi connectivity index (χ3n) is 5.10. The van der Waals surface area contributed by atoms with Gasteiger partial charge < -0.3 is 26.1 Å². The van der Waals surface area contributed by atoms with E-state index in [4.69, 9.17) is 10.6 Å². The zero-order valence-electron chi connectivity index (χ0n) is 17.7. The van der Waals surface area contributed by atoms with Crippen LogP contribution in [0.15, 0.2) is 41.0 Å². The molecule has 4 heterocycles. The van der Waals surface area contributed by atoms with Gasteiger partial charge in [0.05, 0.1) is 6.61 Å². The van der Waals surface area contributed by atoms with Gasteiger partial charge in [-0.25, -0.2) is 9.36 Å². The number of aliphatic hydroxyl groups excluding tert-OH is 1. The average Bonchev–Trinajstić information content (AvgIpc) is 3.26. The molecular weight excluding hydrogens is 486 g/mol. The van der Waals surface area contributed by atoms with Crippen molar-refractivity contribution in [3.05, 3.63) is 47.2 Å². The number of carboxylic acids is 1. The first kappa shape index (κ1) is 23.6. The molecule has 2 aromatic rings. The summed E-state index contributed by atoms with van der Waals surface area (Å²) in [7, 11) is 1.25. The molecule has 0 bridgehead atoms. The number of aliphatic carboxylic acids is 1. The maximum Gasteiger partial charge on any atom is 0.352 e. The largest absolute Gasteiger partial charge is 0.477 e. The number of anilines is 1. The lowest BCUT2D eigenvalue weighted by Crippen LogP contribution is -2.71. The first-order valence-electron chi connectivity index (χ1n) is 9.84. The van der Waals surface area contributed by atoms with Gasteiger partial charge in [0, 0.05) is 35.0 Å². The van der Waals surface area contributed by atoms with Crippen molar-refractivity contribution in [2.75, 3.05) is 18.6 Å². The molecule has 2 aromatic heterocycles. The van der Waals surface area contributed by atoms with Crippen molar-refractivity contribution in [1.82, 2.24) is 19.6 Å². The van der Waals surface area contributed by atoms with Gasteiger partial charge in [0.15, 0.2) is 24.1 Å². The highest BCUT2D eigenvalue weighted by atomic mass is 32.2. The summed E-state index contributed by atoms with van der Waals surface area (Å²) in [5, 5.41) is 24.8. The molecular formula is C19H20N7O6S2+. The van der Waals surface area contributed by atoms with Gasteiger partial charge in [-0.15, -0.1) is 11.8 Å². The summed E-state index contributed by atoms with van der Waals surface area (Å²) >= 11 is 2.22. The molecule has 0 aromatic carbocycles. The number of aliphatic hydroxyl groups is 1. The Morgan fingerprint density at radius 1 is 1.41 bits per heavy atom. The second kappa shape index (κ2) is 9.74. The number of amides is 2. The number of thioether (sulfide) groups is 1. The maximum absolute atomic E-state index is 12.9. The molecule has 0 radical (unpaired) electrons. The fourth-order valence-electron chi connectivity index (χ4n) is 3.54. The van der Waals surface area contributed by atoms with Gasteiger partial charge in [-0.1, -0.05) is 5.16 Å². The average molecular weight is 507 g/mol. The van der Waals surface area contributed by atoms with Crippen molar-refractivity contribution >= 4 is 51.9 Å². The molecule has 2 aliphatic rings. The number of carbonyl (C=O) groups excluding carboxylic acids is 2. The Balaban J connectivity index is 1.52. The number of oxime groups is 1. The van der Waals surface area contributed by atoms with E-state index in [0.717, 1.165) is 17.1 Å². The normalized spacial score (nSPS) is 20.0. The SMILES string of the molecule is CO/N=C(\C(=O)N[C@@H]1C(=O)N2C(C(=O)O)=C(C[n+]3ccc(CO)cc3)CS[C@@H]12)c1nsc(N)n1. The summed E-state index contributed by atoms with van der Waals surface area (Å²) < 4.78 is 5.70. The van der Waals surface area contributed by atoms with Gasteiger partial charge in [-0.3, -0.25) is 14.5 Å². The molecule has 5 N–H and O–H groups in total. The van der Waals surface area contributed by atoms with Crippen LogP contribution < -0.4 is 15.6 Å². The van der Waals surface area contributed by atoms with Crippen LogP contribution >= 0.6 is 23.3 Å². The molecule has 1 fully saturated rings. The first-order chi connectivity index (χ1) is 16.3. The number of nitrogen functional groups attached to an aromatic ring is 1. The number of β-lactam (4-membered cyclic amide) rings is 1. The first-order valence-corrected chi connectivity index (χ1v) is 11.7. The van der Waals surface area contributed by atoms with Crippen molar-refractivity contribution < 1.29 is 34.0 Å². The van der Waals surface area contributed by atoms with E-state index < -0.39 is 29.2 Å². The van der Waals surface area contributed by atoms with Crippen LogP contribution in [0.4, 0.5) is 5.13 Å². The molecule has 2 aliphatic heterocycles. The number of fused-ring (bicyclic) bond motifs is 1. The highest BCUT2D eigenvalue weighted by Gasteiger charge is 2.54. The number of carboxylic acid groups (broad SMARTS) is 1. The second-order valence-corrected chi connectivity index (χ2v) is 9.12. The van der Waals surface area contributed by atoms with E-state index in [0.29, 0.717) is 11.3 Å². The van der Waals surface area contributed by atoms with Crippen LogP contribution in [0, 0.1) is 0 Å². The summed E-state index contributed by atoms with van der Waals surface area (Å²) in [6.45, 7) is 0.162. The number of rotatable bonds is 8. The van der Waals surface area contributed by atoms with Gasteiger partial charge in [-0.05, 0) is 5.56 Å². The molecule has 2 atom stereocenters. The Morgan fingerprint density at radius 3 is 2.74 bits per heavy atom. The van der Waals surface area contributed by atoms with Crippen molar-refractivity contribution in [2.24, 2.45) is 5.16 Å². The van der Waals surface area contributed by atoms with Gasteiger partial charge in [0.1, 0.15) is 24.2 Å². The number of carbonyl (C=O) groups is 3. The highest BCUT2D eigenvalue weighted by molar-refractivity contribution is 8.00. The predicted molar refractivity (Wildman–Crippen MR) is 120 cm³/mol. The van der Waals surface area contributed by atoms with Crippen molar-refractivity contribution in [1.29, 1.82) is 0 Å². The van der Waals surface area contributed by atoms with Gasteiger partial charge in [0.2, 0.25) is 11.5 Å². The summed E-state index contributed by atoms with van der Waals surface area (Å²) in [5.74, 6) is -2.22. The summed E-state index contributed by atoms with van der Waals surface area (Å²) in [6, 6.07) is 2.50. The van der Waals surface area contributed by atoms with E-state index in [1.54, 1.807) is 29.1 Å². The Morgan fingerprint density at radius 2 is 2.15 bits per heavy atom. The summed E-state index contributed by atoms with van der Waals surface area (Å²) in [6.07, 6.45) is 3.46. The topological polar surface area (TPSA) is 184 Å². The van der Waals surface area contributed by atoms with Gasteiger partial charge in [0.25, 0.3) is 11.8 Å². The molecule has 34 heavy (non-hydrogen) atoms. The summed E-state index contributed by atoms with van der Waals surface area (Å²) in [5.41, 5.74) is 6.50. The van der Waals surface area contributed by atoms with E-state index in [2.05, 4.69) is 19.8 Å². The minimum Gasteiger partial charge on any atom is -0.477 e. The van der Waals surface area contributed by atoms with E-state index in [1.165, 1.54) is 23.8 Å². The summed E-state index contributed by atoms with van der Waals surface area (Å²) in [4.78, 5) is 47.5. The number of nitrogens with zero attached hydrogens (tertiary/aromatic N) is 5. The monoisotopic (exact) mass is 506 g/mol. The molecule has 2 amide bonds. The smallest absolute Gasteiger partial charge is 0.352 e. The Kier molecular flexibility index (Phi) is 6.76. The van der Waals surface area contributed by atoms with Crippen molar-refractivity contribution in [2.45, 2.75) is 24.6 Å². The number of nitrogens with two attached hydrogens (primary N) is 1. The lowest BCUT2D eigenvalue weighted by molar-refractivity contribution is -0.689. The molecule has 15 heteroatoms. The molecule has 0 spiro atoms. The zero-order chi connectivity index (χ0) is 24.4. The van der Waals surface area contributed by atoms with E-state index in [1.807, 2.05) is 0 Å². The number of hydrogen-bond donors (Lipinski definition) is 4. The third-order valence-corrected chi connectivity index (χ3v) is 6.99. The predicted octanol–water partition coefficient (Wildman–Crippen LogP) is -1.31. The van der Waals surface area contributed by atoms with Crippen LogP contribution in [0.2, 0.25) is 0 Å². The molecule has 178 valence electrons. The number of aromatic nitrogens is 3. The van der Waals surface area contributed by atoms with Crippen LogP contribution in [-0.2, 0) is 32.4 Å². The van der Waals surface area contributed by atoms with Crippen LogP contribution in [0.25, 0.3) is 0 Å². The molecule has 0 saturated carbocycles. The molecule has 0 aliphatic carbocycles. The molecule has 13 nitrogen and oxygen atoms in total. The quantitative estimate of drug-likeness (QED) is 0.145. The number of pyridine rings is 1. The van der Waals surface area contributed by atoms with Gasteiger partial charge >= 0.3 is 5.97 Å². The fraction of sp³-hybridized carbons (Fsp3) is 0.316. The van der Waals surface area contributed by atoms with Crippen LogP contribution in [0.5, 0.6) is 0 Å². The maximum atomic E-state index is 12.9.